The molecule has 0 spiro atoms. The summed E-state index contributed by atoms with van der Waals surface area (Å²) in [6.07, 6.45) is 9.46. The summed E-state index contributed by atoms with van der Waals surface area (Å²) >= 11 is 0. The van der Waals surface area contributed by atoms with E-state index >= 15 is 0 Å². The van der Waals surface area contributed by atoms with Crippen molar-refractivity contribution in [1.82, 2.24) is 9.62 Å². The largest absolute Gasteiger partial charge is 0.447 e. The number of hydrogen-bond donors (Lipinski definition) is 4. The highest BCUT2D eigenvalue weighted by Crippen LogP contribution is 2.29. The molecule has 2 fully saturated rings. The average molecular weight is 509 g/mol. The molecule has 200 valence electrons. The smallest absolute Gasteiger partial charge is 0.411 e. The van der Waals surface area contributed by atoms with Crippen LogP contribution in [0.3, 0.4) is 0 Å². The lowest BCUT2D eigenvalue weighted by Gasteiger charge is -2.43. The zero-order valence-corrected chi connectivity index (χ0v) is 21.3. The maximum atomic E-state index is 12.3. The monoisotopic (exact) mass is 508 g/mol. The van der Waals surface area contributed by atoms with Crippen LogP contribution in [0, 0.1) is 0 Å². The van der Waals surface area contributed by atoms with E-state index in [4.69, 9.17) is 8.92 Å². The number of aliphatic hydroxyl groups excluding tert-OH is 3. The van der Waals surface area contributed by atoms with E-state index in [-0.39, 0.29) is 13.2 Å². The van der Waals surface area contributed by atoms with E-state index in [1.54, 1.807) is 0 Å². The molecule has 2 heterocycles. The fourth-order valence-corrected chi connectivity index (χ4v) is 5.54. The van der Waals surface area contributed by atoms with Gasteiger partial charge in [-0.2, -0.15) is 13.1 Å². The van der Waals surface area contributed by atoms with Crippen LogP contribution < -0.4 is 4.72 Å². The SMILES string of the molecule is CCCCCCCCCCCCCCCCOS(=O)(=O)N[C@@H]1[C@@H](O)C(O)[C@H](O)C2COC(=O)N21. The minimum atomic E-state index is -4.29. The zero-order valence-electron chi connectivity index (χ0n) is 20.4. The molecule has 34 heavy (non-hydrogen) atoms. The Bertz CT molecular complexity index is 692. The molecule has 4 N–H and O–H groups in total. The Labute approximate surface area is 204 Å². The van der Waals surface area contributed by atoms with Crippen molar-refractivity contribution in [2.24, 2.45) is 0 Å². The highest BCUT2D eigenvalue weighted by Gasteiger charge is 2.54. The second-order valence-electron chi connectivity index (χ2n) is 9.46. The summed E-state index contributed by atoms with van der Waals surface area (Å²) in [6, 6.07) is -0.954. The third-order valence-electron chi connectivity index (χ3n) is 6.66. The van der Waals surface area contributed by atoms with Gasteiger partial charge in [0.25, 0.3) is 0 Å². The number of carbonyl (C=O) groups is 1. The standard InChI is InChI=1S/C23H44N2O8S/c1-2-3-4-5-6-7-8-9-10-11-12-13-14-15-16-33-34(30,31)24-22-21(28)20(27)19(26)18-17-32-23(29)25(18)22/h18-22,24,26-28H,2-17H2,1H3/t18?,19-,20?,21+,22+/m1/s1. The molecule has 0 aliphatic carbocycles. The lowest BCUT2D eigenvalue weighted by Crippen LogP contribution is -2.70. The predicted molar refractivity (Wildman–Crippen MR) is 127 cm³/mol. The van der Waals surface area contributed by atoms with E-state index in [1.165, 1.54) is 64.2 Å². The summed E-state index contributed by atoms with van der Waals surface area (Å²) in [7, 11) is -4.29. The van der Waals surface area contributed by atoms with Gasteiger partial charge in [0.15, 0.2) is 0 Å². The Morgan fingerprint density at radius 3 is 1.88 bits per heavy atom. The van der Waals surface area contributed by atoms with Crippen molar-refractivity contribution in [3.05, 3.63) is 0 Å². The highest BCUT2D eigenvalue weighted by atomic mass is 32.2. The number of hydrogen-bond acceptors (Lipinski definition) is 8. The molecule has 0 aromatic rings. The van der Waals surface area contributed by atoms with E-state index in [0.29, 0.717) is 6.42 Å². The fraction of sp³-hybridized carbons (Fsp3) is 0.957. The summed E-state index contributed by atoms with van der Waals surface area (Å²) in [5.74, 6) is 0. The molecule has 0 bridgehead atoms. The maximum absolute atomic E-state index is 12.3. The average Bonchev–Trinajstić information content (AvgIpc) is 3.19. The second kappa shape index (κ2) is 15.2. The number of unbranched alkanes of at least 4 members (excludes halogenated alkanes) is 13. The van der Waals surface area contributed by atoms with Crippen LogP contribution in [0.1, 0.15) is 96.8 Å². The molecule has 2 saturated heterocycles. The van der Waals surface area contributed by atoms with Crippen molar-refractivity contribution in [2.45, 2.75) is 127 Å². The van der Waals surface area contributed by atoms with Gasteiger partial charge in [-0.3, -0.25) is 9.08 Å². The van der Waals surface area contributed by atoms with Gasteiger partial charge in [0, 0.05) is 0 Å². The van der Waals surface area contributed by atoms with E-state index in [1.807, 2.05) is 0 Å². The van der Waals surface area contributed by atoms with Gasteiger partial charge in [0.05, 0.1) is 12.6 Å². The lowest BCUT2D eigenvalue weighted by atomic mass is 9.93. The third kappa shape index (κ3) is 9.23. The number of nitrogens with one attached hydrogen (secondary N) is 1. The molecule has 2 unspecified atom stereocenters. The van der Waals surface area contributed by atoms with Gasteiger partial charge in [-0.15, -0.1) is 0 Å². The van der Waals surface area contributed by atoms with Gasteiger partial charge >= 0.3 is 16.4 Å². The number of nitrogens with zero attached hydrogens (tertiary/aromatic N) is 1. The van der Waals surface area contributed by atoms with Crippen LogP contribution in [-0.4, -0.2) is 78.5 Å². The van der Waals surface area contributed by atoms with Gasteiger partial charge in [-0.1, -0.05) is 90.4 Å². The minimum absolute atomic E-state index is 0.0186. The number of carbonyl (C=O) groups excluding carboxylic acids is 1. The molecule has 10 nitrogen and oxygen atoms in total. The minimum Gasteiger partial charge on any atom is -0.447 e. The van der Waals surface area contributed by atoms with Crippen molar-refractivity contribution in [1.29, 1.82) is 0 Å². The molecule has 5 atom stereocenters. The van der Waals surface area contributed by atoms with Gasteiger partial charge in [0.2, 0.25) is 0 Å². The third-order valence-corrected chi connectivity index (χ3v) is 7.67. The number of fused-ring (bicyclic) bond motifs is 1. The molecule has 0 aromatic heterocycles. The van der Waals surface area contributed by atoms with E-state index < -0.39 is 46.9 Å². The first kappa shape index (κ1) is 29.3. The van der Waals surface area contributed by atoms with Crippen LogP contribution >= 0.6 is 0 Å². The summed E-state index contributed by atoms with van der Waals surface area (Å²) in [6.45, 7) is 2.01. The Hall–Kier alpha value is -0.980. The van der Waals surface area contributed by atoms with Crippen molar-refractivity contribution < 1.29 is 37.5 Å². The maximum Gasteiger partial charge on any atom is 0.411 e. The van der Waals surface area contributed by atoms with Crippen molar-refractivity contribution in [2.75, 3.05) is 13.2 Å². The van der Waals surface area contributed by atoms with Gasteiger partial charge < -0.3 is 20.1 Å². The number of cyclic esters (lactones) is 1. The van der Waals surface area contributed by atoms with Crippen molar-refractivity contribution >= 4 is 16.4 Å². The van der Waals surface area contributed by atoms with Gasteiger partial charge in [-0.25, -0.2) is 4.79 Å². The quantitative estimate of drug-likeness (QED) is 0.207. The van der Waals surface area contributed by atoms with Crippen LogP contribution in [0.2, 0.25) is 0 Å². The predicted octanol–water partition coefficient (Wildman–Crippen LogP) is 2.56. The van der Waals surface area contributed by atoms with E-state index in [9.17, 15) is 28.5 Å². The number of ether oxygens (including phenoxy) is 1. The topological polar surface area (TPSA) is 146 Å². The molecule has 0 saturated carbocycles. The number of rotatable bonds is 18. The van der Waals surface area contributed by atoms with Crippen LogP contribution in [0.15, 0.2) is 0 Å². The van der Waals surface area contributed by atoms with Crippen LogP contribution in [0.5, 0.6) is 0 Å². The molecule has 2 aliphatic heterocycles. The summed E-state index contributed by atoms with van der Waals surface area (Å²) in [5, 5.41) is 30.2. The van der Waals surface area contributed by atoms with Crippen molar-refractivity contribution in [3.63, 3.8) is 0 Å². The molecule has 0 aromatic carbocycles. The fourth-order valence-electron chi connectivity index (χ4n) is 4.58. The molecule has 2 rings (SSSR count). The lowest BCUT2D eigenvalue weighted by molar-refractivity contribution is -0.144. The first-order valence-electron chi connectivity index (χ1n) is 12.9. The number of amides is 1. The Morgan fingerprint density at radius 2 is 1.35 bits per heavy atom. The van der Waals surface area contributed by atoms with E-state index in [0.717, 1.165) is 24.2 Å². The Balaban J connectivity index is 1.54. The van der Waals surface area contributed by atoms with Gasteiger partial charge in [-0.05, 0) is 6.42 Å². The number of aliphatic hydroxyl groups is 3. The van der Waals surface area contributed by atoms with Gasteiger partial charge in [0.1, 0.15) is 31.1 Å². The molecule has 0 radical (unpaired) electrons. The highest BCUT2D eigenvalue weighted by molar-refractivity contribution is 7.84. The molecule has 1 amide bonds. The first-order chi connectivity index (χ1) is 16.3. The second-order valence-corrected chi connectivity index (χ2v) is 10.8. The molecular formula is C23H44N2O8S. The van der Waals surface area contributed by atoms with Crippen molar-refractivity contribution in [3.8, 4) is 0 Å². The zero-order chi connectivity index (χ0) is 25.0. The van der Waals surface area contributed by atoms with E-state index in [2.05, 4.69) is 11.6 Å². The number of piperidine rings is 1. The van der Waals surface area contributed by atoms with Crippen LogP contribution in [0.4, 0.5) is 4.79 Å². The van der Waals surface area contributed by atoms with Crippen LogP contribution in [-0.2, 0) is 19.2 Å². The molecular weight excluding hydrogens is 464 g/mol. The van der Waals surface area contributed by atoms with Crippen LogP contribution in [0.25, 0.3) is 0 Å². The summed E-state index contributed by atoms with van der Waals surface area (Å²) in [4.78, 5) is 12.8. The molecule has 2 aliphatic rings. The summed E-state index contributed by atoms with van der Waals surface area (Å²) in [5.41, 5.74) is 0. The summed E-state index contributed by atoms with van der Waals surface area (Å²) < 4.78 is 36.5. The first-order valence-corrected chi connectivity index (χ1v) is 14.3. The molecule has 11 heteroatoms. The normalized spacial score (nSPS) is 27.1. The Kier molecular flexibility index (Phi) is 13.1. The Morgan fingerprint density at radius 1 is 0.853 bits per heavy atom.